The second kappa shape index (κ2) is 6.51. The third-order valence-corrected chi connectivity index (χ3v) is 2.69. The highest BCUT2D eigenvalue weighted by Crippen LogP contribution is 2.01. The normalized spacial score (nSPS) is 10.1. The van der Waals surface area contributed by atoms with E-state index in [1.54, 1.807) is 24.0 Å². The van der Waals surface area contributed by atoms with E-state index < -0.39 is 5.97 Å². The highest BCUT2D eigenvalue weighted by atomic mass is 16.4. The summed E-state index contributed by atoms with van der Waals surface area (Å²) in [5.41, 5.74) is 1.36. The number of rotatable bonds is 5. The van der Waals surface area contributed by atoms with Crippen molar-refractivity contribution in [3.05, 3.63) is 47.5 Å². The zero-order valence-corrected chi connectivity index (χ0v) is 11.4. The lowest BCUT2D eigenvalue weighted by atomic mass is 10.2. The van der Waals surface area contributed by atoms with Crippen molar-refractivity contribution in [3.63, 3.8) is 0 Å². The highest BCUT2D eigenvalue weighted by Gasteiger charge is 2.06. The molecule has 0 aliphatic carbocycles. The molecule has 0 fully saturated rings. The van der Waals surface area contributed by atoms with Gasteiger partial charge in [-0.2, -0.15) is 5.10 Å². The van der Waals surface area contributed by atoms with Crippen molar-refractivity contribution in [1.82, 2.24) is 25.4 Å². The van der Waals surface area contributed by atoms with Crippen LogP contribution in [-0.2, 0) is 20.1 Å². The number of aromatic nitrogens is 3. The Bertz CT molecular complexity index is 653. The largest absolute Gasteiger partial charge is 0.478 e. The minimum absolute atomic E-state index is 0.135. The first-order valence-corrected chi connectivity index (χ1v) is 6.23. The van der Waals surface area contributed by atoms with Crippen molar-refractivity contribution in [2.45, 2.75) is 13.1 Å². The van der Waals surface area contributed by atoms with E-state index >= 15 is 0 Å². The van der Waals surface area contributed by atoms with Crippen LogP contribution in [0.25, 0.3) is 0 Å². The summed E-state index contributed by atoms with van der Waals surface area (Å²) in [6.07, 6.45) is 3.18. The van der Waals surface area contributed by atoms with Gasteiger partial charge in [0.05, 0.1) is 30.0 Å². The number of nitrogens with zero attached hydrogens (tertiary/aromatic N) is 3. The molecule has 0 spiro atoms. The van der Waals surface area contributed by atoms with E-state index in [1.165, 1.54) is 18.3 Å². The fourth-order valence-corrected chi connectivity index (χ4v) is 1.67. The van der Waals surface area contributed by atoms with Gasteiger partial charge in [0, 0.05) is 19.4 Å². The van der Waals surface area contributed by atoms with Crippen molar-refractivity contribution in [3.8, 4) is 0 Å². The predicted octanol–water partition coefficient (Wildman–Crippen LogP) is 0.513. The quantitative estimate of drug-likeness (QED) is 0.743. The smallest absolute Gasteiger partial charge is 0.335 e. The standard InChI is InChI=1S/C13H15N5O3/c1-18-5-3-10(17-18)7-15-13(21)16-8-11-6-9(12(19)20)2-4-14-11/h2-6H,7-8H2,1H3,(H,19,20)(H2,15,16,21). The fourth-order valence-electron chi connectivity index (χ4n) is 1.67. The topological polar surface area (TPSA) is 109 Å². The summed E-state index contributed by atoms with van der Waals surface area (Å²) in [6, 6.07) is 4.25. The molecule has 0 bridgehead atoms. The van der Waals surface area contributed by atoms with Gasteiger partial charge < -0.3 is 15.7 Å². The number of pyridine rings is 1. The first-order valence-electron chi connectivity index (χ1n) is 6.23. The van der Waals surface area contributed by atoms with Crippen molar-refractivity contribution in [2.75, 3.05) is 0 Å². The molecule has 0 atom stereocenters. The molecular formula is C13H15N5O3. The average Bonchev–Trinajstić information content (AvgIpc) is 2.89. The molecule has 0 radical (unpaired) electrons. The second-order valence-corrected chi connectivity index (χ2v) is 4.36. The Morgan fingerprint density at radius 2 is 1.95 bits per heavy atom. The summed E-state index contributed by atoms with van der Waals surface area (Å²) >= 11 is 0. The van der Waals surface area contributed by atoms with Crippen LogP contribution in [0.2, 0.25) is 0 Å². The number of amides is 2. The molecule has 2 amide bonds. The van der Waals surface area contributed by atoms with Crippen LogP contribution in [0.3, 0.4) is 0 Å². The number of carbonyl (C=O) groups excluding carboxylic acids is 1. The maximum absolute atomic E-state index is 11.6. The Labute approximate surface area is 120 Å². The SMILES string of the molecule is Cn1ccc(CNC(=O)NCc2cc(C(=O)O)ccn2)n1. The lowest BCUT2D eigenvalue weighted by Gasteiger charge is -2.06. The molecule has 0 saturated heterocycles. The third-order valence-electron chi connectivity index (χ3n) is 2.69. The molecule has 8 nitrogen and oxygen atoms in total. The Morgan fingerprint density at radius 3 is 2.57 bits per heavy atom. The molecule has 0 aliphatic heterocycles. The molecule has 2 rings (SSSR count). The number of nitrogens with one attached hydrogen (secondary N) is 2. The zero-order valence-electron chi connectivity index (χ0n) is 11.4. The number of aryl methyl sites for hydroxylation is 1. The maximum atomic E-state index is 11.6. The maximum Gasteiger partial charge on any atom is 0.335 e. The van der Waals surface area contributed by atoms with Gasteiger partial charge in [-0.15, -0.1) is 0 Å². The summed E-state index contributed by atoms with van der Waals surface area (Å²) < 4.78 is 1.65. The Balaban J connectivity index is 1.81. The van der Waals surface area contributed by atoms with Crippen molar-refractivity contribution in [1.29, 1.82) is 0 Å². The zero-order chi connectivity index (χ0) is 15.2. The van der Waals surface area contributed by atoms with E-state index in [0.717, 1.165) is 5.69 Å². The Kier molecular flexibility index (Phi) is 4.50. The number of hydrogen-bond donors (Lipinski definition) is 3. The molecular weight excluding hydrogens is 274 g/mol. The van der Waals surface area contributed by atoms with Gasteiger partial charge >= 0.3 is 12.0 Å². The molecule has 110 valence electrons. The van der Waals surface area contributed by atoms with E-state index in [0.29, 0.717) is 12.2 Å². The number of aromatic carboxylic acids is 1. The second-order valence-electron chi connectivity index (χ2n) is 4.36. The minimum Gasteiger partial charge on any atom is -0.478 e. The van der Waals surface area contributed by atoms with Gasteiger partial charge in [0.2, 0.25) is 0 Å². The Hall–Kier alpha value is -2.90. The molecule has 8 heteroatoms. The number of urea groups is 1. The van der Waals surface area contributed by atoms with Gasteiger partial charge in [-0.1, -0.05) is 0 Å². The van der Waals surface area contributed by atoms with Crippen LogP contribution >= 0.6 is 0 Å². The highest BCUT2D eigenvalue weighted by molar-refractivity contribution is 5.87. The Morgan fingerprint density at radius 1 is 1.24 bits per heavy atom. The van der Waals surface area contributed by atoms with Crippen LogP contribution in [0.5, 0.6) is 0 Å². The molecule has 0 saturated carbocycles. The molecule has 2 aromatic heterocycles. The van der Waals surface area contributed by atoms with Crippen LogP contribution in [0, 0.1) is 0 Å². The van der Waals surface area contributed by atoms with Gasteiger partial charge in [0.25, 0.3) is 0 Å². The summed E-state index contributed by atoms with van der Waals surface area (Å²) in [7, 11) is 1.80. The van der Waals surface area contributed by atoms with Crippen molar-refractivity contribution >= 4 is 12.0 Å². The van der Waals surface area contributed by atoms with E-state index in [1.807, 2.05) is 0 Å². The van der Waals surface area contributed by atoms with Gasteiger partial charge in [0.15, 0.2) is 0 Å². The lowest BCUT2D eigenvalue weighted by molar-refractivity contribution is 0.0696. The van der Waals surface area contributed by atoms with Gasteiger partial charge in [-0.3, -0.25) is 9.67 Å². The number of carboxylic acids is 1. The first kappa shape index (κ1) is 14.5. The molecule has 0 aromatic carbocycles. The summed E-state index contributed by atoms with van der Waals surface area (Å²) in [5.74, 6) is -1.03. The summed E-state index contributed by atoms with van der Waals surface area (Å²) in [5, 5.41) is 18.2. The van der Waals surface area contributed by atoms with Gasteiger partial charge in [0.1, 0.15) is 0 Å². The van der Waals surface area contributed by atoms with Crippen LogP contribution < -0.4 is 10.6 Å². The summed E-state index contributed by atoms with van der Waals surface area (Å²) in [4.78, 5) is 26.4. The van der Waals surface area contributed by atoms with E-state index in [4.69, 9.17) is 5.11 Å². The fraction of sp³-hybridized carbons (Fsp3) is 0.231. The molecule has 3 N–H and O–H groups in total. The van der Waals surface area contributed by atoms with Crippen molar-refractivity contribution in [2.24, 2.45) is 7.05 Å². The van der Waals surface area contributed by atoms with E-state index in [2.05, 4.69) is 20.7 Å². The lowest BCUT2D eigenvalue weighted by Crippen LogP contribution is -2.34. The van der Waals surface area contributed by atoms with E-state index in [9.17, 15) is 9.59 Å². The van der Waals surface area contributed by atoms with Crippen molar-refractivity contribution < 1.29 is 14.7 Å². The van der Waals surface area contributed by atoms with Crippen LogP contribution in [0.1, 0.15) is 21.7 Å². The third kappa shape index (κ3) is 4.30. The number of carboxylic acid groups (broad SMARTS) is 1. The summed E-state index contributed by atoms with van der Waals surface area (Å²) in [6.45, 7) is 0.463. The minimum atomic E-state index is -1.03. The van der Waals surface area contributed by atoms with Crippen LogP contribution in [0.15, 0.2) is 30.6 Å². The first-order chi connectivity index (χ1) is 10.0. The average molecular weight is 289 g/mol. The molecule has 0 aliphatic rings. The predicted molar refractivity (Wildman–Crippen MR) is 73.5 cm³/mol. The molecule has 21 heavy (non-hydrogen) atoms. The molecule has 0 unspecified atom stereocenters. The number of carbonyl (C=O) groups is 2. The molecule has 2 heterocycles. The van der Waals surface area contributed by atoms with Gasteiger partial charge in [-0.05, 0) is 18.2 Å². The van der Waals surface area contributed by atoms with Gasteiger partial charge in [-0.25, -0.2) is 9.59 Å². The number of hydrogen-bond acceptors (Lipinski definition) is 4. The van der Waals surface area contributed by atoms with E-state index in [-0.39, 0.29) is 18.1 Å². The van der Waals surface area contributed by atoms with Crippen LogP contribution in [0.4, 0.5) is 4.79 Å². The monoisotopic (exact) mass is 289 g/mol. The molecule has 2 aromatic rings. The van der Waals surface area contributed by atoms with Crippen LogP contribution in [-0.4, -0.2) is 31.9 Å².